The van der Waals surface area contributed by atoms with E-state index < -0.39 is 17.6 Å². The highest BCUT2D eigenvalue weighted by Gasteiger charge is 2.36. The number of rotatable bonds is 3. The molecule has 0 unspecified atom stereocenters. The number of amides is 1. The maximum atomic E-state index is 12.4. The molecule has 0 radical (unpaired) electrons. The fraction of sp³-hybridized carbons (Fsp3) is 0.529. The molecule has 0 bridgehead atoms. The van der Waals surface area contributed by atoms with Crippen LogP contribution in [0.25, 0.3) is 0 Å². The lowest BCUT2D eigenvalue weighted by atomic mass is 9.85. The van der Waals surface area contributed by atoms with Gasteiger partial charge in [-0.1, -0.05) is 30.3 Å². The van der Waals surface area contributed by atoms with Crippen molar-refractivity contribution in [3.05, 3.63) is 35.9 Å². The van der Waals surface area contributed by atoms with Gasteiger partial charge < -0.3 is 15.4 Å². The van der Waals surface area contributed by atoms with Crippen molar-refractivity contribution < 1.29 is 14.3 Å². The zero-order valence-electron chi connectivity index (χ0n) is 13.4. The van der Waals surface area contributed by atoms with Crippen LogP contribution in [-0.2, 0) is 14.3 Å². The second-order valence-corrected chi connectivity index (χ2v) is 6.68. The maximum Gasteiger partial charge on any atom is 0.326 e. The number of hydrogen-bond donors (Lipinski definition) is 1. The lowest BCUT2D eigenvalue weighted by Gasteiger charge is -2.36. The highest BCUT2D eigenvalue weighted by molar-refractivity contribution is 5.87. The first-order valence-corrected chi connectivity index (χ1v) is 7.59. The third-order valence-electron chi connectivity index (χ3n) is 3.71. The van der Waals surface area contributed by atoms with Crippen LogP contribution in [0.3, 0.4) is 0 Å². The van der Waals surface area contributed by atoms with Crippen LogP contribution in [0.1, 0.15) is 38.7 Å². The molecule has 1 aliphatic heterocycles. The van der Waals surface area contributed by atoms with Crippen molar-refractivity contribution >= 4 is 11.9 Å². The van der Waals surface area contributed by atoms with Gasteiger partial charge in [-0.25, -0.2) is 0 Å². The molecular weight excluding hydrogens is 280 g/mol. The molecule has 0 aliphatic carbocycles. The topological polar surface area (TPSA) is 72.6 Å². The van der Waals surface area contributed by atoms with Crippen LogP contribution in [-0.4, -0.2) is 41.5 Å². The van der Waals surface area contributed by atoms with Gasteiger partial charge in [-0.05, 0) is 32.8 Å². The van der Waals surface area contributed by atoms with Crippen LogP contribution in [0.15, 0.2) is 30.3 Å². The molecule has 1 aromatic rings. The van der Waals surface area contributed by atoms with Crippen molar-refractivity contribution in [2.45, 2.75) is 44.8 Å². The highest BCUT2D eigenvalue weighted by Crippen LogP contribution is 2.27. The maximum absolute atomic E-state index is 12.4. The summed E-state index contributed by atoms with van der Waals surface area (Å²) in [4.78, 5) is 25.8. The first-order chi connectivity index (χ1) is 10.3. The number of piperidine rings is 1. The molecule has 5 nitrogen and oxygen atoms in total. The minimum atomic E-state index is -0.612. The predicted octanol–water partition coefficient (Wildman–Crippen LogP) is 1.67. The van der Waals surface area contributed by atoms with E-state index in [1.165, 1.54) is 4.90 Å². The number of ether oxygens (including phenoxy) is 1. The third-order valence-corrected chi connectivity index (χ3v) is 3.71. The van der Waals surface area contributed by atoms with Crippen LogP contribution in [0.2, 0.25) is 0 Å². The van der Waals surface area contributed by atoms with Gasteiger partial charge in [0.1, 0.15) is 12.1 Å². The summed E-state index contributed by atoms with van der Waals surface area (Å²) in [5.41, 5.74) is 6.62. The summed E-state index contributed by atoms with van der Waals surface area (Å²) >= 11 is 0. The van der Waals surface area contributed by atoms with Gasteiger partial charge in [0, 0.05) is 12.5 Å². The normalized spacial score (nSPS) is 22.5. The van der Waals surface area contributed by atoms with Crippen molar-refractivity contribution in [1.82, 2.24) is 4.90 Å². The largest absolute Gasteiger partial charge is 0.459 e. The number of hydrogen-bond acceptors (Lipinski definition) is 4. The zero-order chi connectivity index (χ0) is 16.3. The summed E-state index contributed by atoms with van der Waals surface area (Å²) in [5.74, 6) is -0.583. The third kappa shape index (κ3) is 4.07. The summed E-state index contributed by atoms with van der Waals surface area (Å²) in [6, 6.07) is 9.19. The number of nitrogens with two attached hydrogens (primary N) is 1. The van der Waals surface area contributed by atoms with Crippen LogP contribution >= 0.6 is 0 Å². The number of carbonyl (C=O) groups is 2. The SMILES string of the molecule is CC(C)(C)OC(=O)CN1CC[C@H](c2ccccc2)[C@@H](N)C1=O. The Hall–Kier alpha value is -1.88. The Kier molecular flexibility index (Phi) is 4.86. The van der Waals surface area contributed by atoms with E-state index in [2.05, 4.69) is 0 Å². The van der Waals surface area contributed by atoms with Crippen LogP contribution in [0, 0.1) is 0 Å². The fourth-order valence-corrected chi connectivity index (χ4v) is 2.73. The molecule has 0 spiro atoms. The van der Waals surface area contributed by atoms with Gasteiger partial charge in [-0.15, -0.1) is 0 Å². The summed E-state index contributed by atoms with van der Waals surface area (Å²) < 4.78 is 5.26. The van der Waals surface area contributed by atoms with Crippen LogP contribution in [0.4, 0.5) is 0 Å². The van der Waals surface area contributed by atoms with E-state index in [0.29, 0.717) is 6.54 Å². The van der Waals surface area contributed by atoms with E-state index in [0.717, 1.165) is 12.0 Å². The highest BCUT2D eigenvalue weighted by atomic mass is 16.6. The Morgan fingerprint density at radius 1 is 1.32 bits per heavy atom. The molecule has 0 aromatic heterocycles. The molecule has 120 valence electrons. The average Bonchev–Trinajstić information content (AvgIpc) is 2.43. The molecular formula is C17H24N2O3. The molecule has 2 rings (SSSR count). The Balaban J connectivity index is 1.99. The molecule has 5 heteroatoms. The number of benzene rings is 1. The number of carbonyl (C=O) groups excluding carboxylic acids is 2. The van der Waals surface area contributed by atoms with E-state index in [-0.39, 0.29) is 18.4 Å². The Morgan fingerprint density at radius 3 is 2.55 bits per heavy atom. The quantitative estimate of drug-likeness (QED) is 0.862. The molecule has 0 saturated carbocycles. The summed E-state index contributed by atoms with van der Waals surface area (Å²) in [7, 11) is 0. The molecule has 1 heterocycles. The number of esters is 1. The molecule has 1 amide bonds. The van der Waals surface area contributed by atoms with Crippen LogP contribution < -0.4 is 5.73 Å². The second kappa shape index (κ2) is 6.48. The van der Waals surface area contributed by atoms with Gasteiger partial charge >= 0.3 is 5.97 Å². The summed E-state index contributed by atoms with van der Waals surface area (Å²) in [6.07, 6.45) is 0.750. The standard InChI is InChI=1S/C17H24N2O3/c1-17(2,3)22-14(20)11-19-10-9-13(15(18)16(19)21)12-7-5-4-6-8-12/h4-8,13,15H,9-11,18H2,1-3H3/t13-,15-/m1/s1. The first kappa shape index (κ1) is 16.5. The molecule has 22 heavy (non-hydrogen) atoms. The van der Waals surface area contributed by atoms with Gasteiger partial charge in [0.05, 0.1) is 6.04 Å². The average molecular weight is 304 g/mol. The smallest absolute Gasteiger partial charge is 0.326 e. The molecule has 1 aliphatic rings. The first-order valence-electron chi connectivity index (χ1n) is 7.59. The minimum absolute atomic E-state index is 0.00332. The Labute approximate surface area is 131 Å². The number of likely N-dealkylation sites (tertiary alicyclic amines) is 1. The minimum Gasteiger partial charge on any atom is -0.459 e. The summed E-state index contributed by atoms with van der Waals surface area (Å²) in [6.45, 7) is 5.90. The van der Waals surface area contributed by atoms with Crippen molar-refractivity contribution in [3.63, 3.8) is 0 Å². The zero-order valence-corrected chi connectivity index (χ0v) is 13.4. The Morgan fingerprint density at radius 2 is 1.95 bits per heavy atom. The van der Waals surface area contributed by atoms with Gasteiger partial charge in [0.15, 0.2) is 0 Å². The van der Waals surface area contributed by atoms with Crippen LogP contribution in [0.5, 0.6) is 0 Å². The van der Waals surface area contributed by atoms with E-state index in [1.807, 2.05) is 30.3 Å². The predicted molar refractivity (Wildman–Crippen MR) is 84.2 cm³/mol. The molecule has 2 atom stereocenters. The van der Waals surface area contributed by atoms with E-state index >= 15 is 0 Å². The van der Waals surface area contributed by atoms with Crippen molar-refractivity contribution in [2.24, 2.45) is 5.73 Å². The fourth-order valence-electron chi connectivity index (χ4n) is 2.73. The van der Waals surface area contributed by atoms with Gasteiger partial charge in [-0.3, -0.25) is 9.59 Å². The molecule has 1 saturated heterocycles. The van der Waals surface area contributed by atoms with E-state index in [9.17, 15) is 9.59 Å². The van der Waals surface area contributed by atoms with E-state index in [4.69, 9.17) is 10.5 Å². The van der Waals surface area contributed by atoms with Crippen molar-refractivity contribution in [3.8, 4) is 0 Å². The van der Waals surface area contributed by atoms with Gasteiger partial charge in [-0.2, -0.15) is 0 Å². The summed E-state index contributed by atoms with van der Waals surface area (Å²) in [5, 5.41) is 0. The number of nitrogens with zero attached hydrogens (tertiary/aromatic N) is 1. The Bertz CT molecular complexity index is 537. The van der Waals surface area contributed by atoms with Crippen molar-refractivity contribution in [1.29, 1.82) is 0 Å². The molecule has 2 N–H and O–H groups in total. The second-order valence-electron chi connectivity index (χ2n) is 6.68. The monoisotopic (exact) mass is 304 g/mol. The molecule has 1 fully saturated rings. The van der Waals surface area contributed by atoms with E-state index in [1.54, 1.807) is 20.8 Å². The lowest BCUT2D eigenvalue weighted by molar-refractivity contribution is -0.160. The van der Waals surface area contributed by atoms with Gasteiger partial charge in [0.2, 0.25) is 5.91 Å². The van der Waals surface area contributed by atoms with Crippen molar-refractivity contribution in [2.75, 3.05) is 13.1 Å². The lowest BCUT2D eigenvalue weighted by Crippen LogP contribution is -2.53. The molecule has 1 aromatic carbocycles. The van der Waals surface area contributed by atoms with Gasteiger partial charge in [0.25, 0.3) is 0 Å².